The summed E-state index contributed by atoms with van der Waals surface area (Å²) in [5, 5.41) is 28.8. The van der Waals surface area contributed by atoms with E-state index in [1.54, 1.807) is 12.4 Å². The van der Waals surface area contributed by atoms with E-state index >= 15 is 0 Å². The van der Waals surface area contributed by atoms with Gasteiger partial charge >= 0.3 is 5.97 Å². The van der Waals surface area contributed by atoms with Gasteiger partial charge < -0.3 is 41.9 Å². The van der Waals surface area contributed by atoms with E-state index in [4.69, 9.17) is 5.73 Å². The highest BCUT2D eigenvalue weighted by Crippen LogP contribution is 2.21. The number of para-hydroxylation sites is 2. The largest absolute Gasteiger partial charge is 0.480 e. The van der Waals surface area contributed by atoms with Gasteiger partial charge in [0, 0.05) is 47.0 Å². The number of aromatic amines is 2. The molecule has 2 aromatic carbocycles. The van der Waals surface area contributed by atoms with Gasteiger partial charge in [0.15, 0.2) is 0 Å². The second-order valence-electron chi connectivity index (χ2n) is 9.62. The summed E-state index contributed by atoms with van der Waals surface area (Å²) in [6, 6.07) is 10.0. The highest BCUT2D eigenvalue weighted by atomic mass is 16.4. The Morgan fingerprint density at radius 2 is 1.20 bits per heavy atom. The lowest BCUT2D eigenvalue weighted by Crippen LogP contribution is -2.58. The number of nitrogens with one attached hydrogen (secondary N) is 5. The lowest BCUT2D eigenvalue weighted by Gasteiger charge is -2.24. The Bertz CT molecular complexity index is 1530. The monoisotopic (exact) mass is 548 g/mol. The number of H-pyrrole nitrogens is 2. The van der Waals surface area contributed by atoms with Gasteiger partial charge in [0.25, 0.3) is 0 Å². The van der Waals surface area contributed by atoms with Crippen molar-refractivity contribution in [3.05, 3.63) is 72.1 Å². The van der Waals surface area contributed by atoms with E-state index in [9.17, 15) is 29.4 Å². The normalized spacial score (nSPS) is 14.3. The van der Waals surface area contributed by atoms with Crippen molar-refractivity contribution in [2.24, 2.45) is 5.73 Å². The molecule has 0 aliphatic heterocycles. The molecule has 4 unspecified atom stereocenters. The molecule has 12 heteroatoms. The molecule has 0 saturated carbocycles. The molecule has 0 aliphatic rings. The summed E-state index contributed by atoms with van der Waals surface area (Å²) in [5.41, 5.74) is 8.63. The Balaban J connectivity index is 1.57. The van der Waals surface area contributed by atoms with E-state index in [0.717, 1.165) is 21.8 Å². The first-order valence-corrected chi connectivity index (χ1v) is 12.8. The Labute approximate surface area is 229 Å². The molecule has 0 saturated heterocycles. The first-order chi connectivity index (χ1) is 19.2. The molecule has 4 aromatic rings. The zero-order valence-electron chi connectivity index (χ0n) is 21.8. The Hall–Kier alpha value is -4.68. The number of carboxylic acids is 1. The number of carboxylic acid groups (broad SMARTS) is 1. The molecular formula is C28H32N6O6. The van der Waals surface area contributed by atoms with Crippen LogP contribution in [0.2, 0.25) is 0 Å². The molecule has 12 nitrogen and oxygen atoms in total. The van der Waals surface area contributed by atoms with E-state index in [-0.39, 0.29) is 12.8 Å². The van der Waals surface area contributed by atoms with Crippen molar-refractivity contribution in [3.63, 3.8) is 0 Å². The van der Waals surface area contributed by atoms with Gasteiger partial charge in [0.2, 0.25) is 17.7 Å². The van der Waals surface area contributed by atoms with Crippen LogP contribution in [0.3, 0.4) is 0 Å². The van der Waals surface area contributed by atoms with Gasteiger partial charge in [0.05, 0.1) is 12.6 Å². The Morgan fingerprint density at radius 1 is 0.750 bits per heavy atom. The third kappa shape index (κ3) is 6.47. The zero-order valence-corrected chi connectivity index (χ0v) is 21.8. The predicted octanol–water partition coefficient (Wildman–Crippen LogP) is 0.313. The van der Waals surface area contributed by atoms with Crippen LogP contribution in [-0.2, 0) is 32.0 Å². The maximum absolute atomic E-state index is 13.5. The van der Waals surface area contributed by atoms with Crippen molar-refractivity contribution in [3.8, 4) is 0 Å². The highest BCUT2D eigenvalue weighted by molar-refractivity contribution is 5.95. The molecule has 0 radical (unpaired) electrons. The number of fused-ring (bicyclic) bond motifs is 2. The summed E-state index contributed by atoms with van der Waals surface area (Å²) in [6.07, 6.45) is 3.42. The van der Waals surface area contributed by atoms with E-state index in [1.165, 1.54) is 6.92 Å². The Kier molecular flexibility index (Phi) is 8.82. The fourth-order valence-corrected chi connectivity index (χ4v) is 4.49. The van der Waals surface area contributed by atoms with Gasteiger partial charge in [-0.2, -0.15) is 0 Å². The predicted molar refractivity (Wildman–Crippen MR) is 148 cm³/mol. The molecule has 2 heterocycles. The SMILES string of the molecule is CC(N)C(=O)NC(CO)C(=O)NC(Cc1c[nH]c2ccccc12)C(=O)NC(Cc1c[nH]c2ccccc12)C(=O)O. The minimum Gasteiger partial charge on any atom is -0.480 e. The standard InChI is InChI=1S/C28H32N6O6/c1-15(29)25(36)34-24(14-35)27(38)32-22(10-16-12-30-20-8-4-2-6-18(16)20)26(37)33-23(28(39)40)11-17-13-31-21-9-5-3-7-19(17)21/h2-9,12-13,15,22-24,30-31,35H,10-11,14,29H2,1H3,(H,32,38)(H,33,37)(H,34,36)(H,39,40). The number of hydrogen-bond donors (Lipinski definition) is 8. The lowest BCUT2D eigenvalue weighted by atomic mass is 10.0. The minimum absolute atomic E-state index is 0.00253. The zero-order chi connectivity index (χ0) is 28.8. The second-order valence-corrected chi connectivity index (χ2v) is 9.62. The van der Waals surface area contributed by atoms with E-state index < -0.39 is 54.5 Å². The molecule has 4 atom stereocenters. The van der Waals surface area contributed by atoms with E-state index in [0.29, 0.717) is 11.1 Å². The van der Waals surface area contributed by atoms with Crippen molar-refractivity contribution in [2.75, 3.05) is 6.61 Å². The second kappa shape index (κ2) is 12.5. The van der Waals surface area contributed by atoms with Crippen LogP contribution in [0.1, 0.15) is 18.1 Å². The van der Waals surface area contributed by atoms with Crippen LogP contribution in [0.15, 0.2) is 60.9 Å². The minimum atomic E-state index is -1.36. The number of rotatable bonds is 12. The third-order valence-electron chi connectivity index (χ3n) is 6.67. The number of carbonyl (C=O) groups excluding carboxylic acids is 3. The van der Waals surface area contributed by atoms with Crippen molar-refractivity contribution < 1.29 is 29.4 Å². The maximum atomic E-state index is 13.5. The molecule has 0 bridgehead atoms. The van der Waals surface area contributed by atoms with E-state index in [1.807, 2.05) is 48.5 Å². The van der Waals surface area contributed by atoms with Gasteiger partial charge in [-0.3, -0.25) is 14.4 Å². The summed E-state index contributed by atoms with van der Waals surface area (Å²) in [7, 11) is 0. The number of aromatic nitrogens is 2. The van der Waals surface area contributed by atoms with Crippen LogP contribution in [0.25, 0.3) is 21.8 Å². The number of amides is 3. The first-order valence-electron chi connectivity index (χ1n) is 12.8. The fourth-order valence-electron chi connectivity index (χ4n) is 4.49. The molecule has 0 spiro atoms. The van der Waals surface area contributed by atoms with Crippen LogP contribution >= 0.6 is 0 Å². The number of carbonyl (C=O) groups is 4. The molecule has 4 rings (SSSR count). The van der Waals surface area contributed by atoms with Crippen molar-refractivity contribution in [1.29, 1.82) is 0 Å². The van der Waals surface area contributed by atoms with Crippen molar-refractivity contribution >= 4 is 45.5 Å². The van der Waals surface area contributed by atoms with Crippen LogP contribution in [-0.4, -0.2) is 74.6 Å². The highest BCUT2D eigenvalue weighted by Gasteiger charge is 2.31. The molecule has 0 aliphatic carbocycles. The number of aliphatic carboxylic acids is 1. The van der Waals surface area contributed by atoms with E-state index in [2.05, 4.69) is 25.9 Å². The Morgan fingerprint density at radius 3 is 1.70 bits per heavy atom. The van der Waals surface area contributed by atoms with Crippen LogP contribution in [0, 0.1) is 0 Å². The number of hydrogen-bond acceptors (Lipinski definition) is 6. The summed E-state index contributed by atoms with van der Waals surface area (Å²) >= 11 is 0. The van der Waals surface area contributed by atoms with Gasteiger partial charge in [-0.05, 0) is 30.2 Å². The average molecular weight is 549 g/mol. The molecule has 2 aromatic heterocycles. The topological polar surface area (TPSA) is 202 Å². The summed E-state index contributed by atoms with van der Waals surface area (Å²) in [6.45, 7) is 0.693. The van der Waals surface area contributed by atoms with Gasteiger partial charge in [0.1, 0.15) is 18.1 Å². The third-order valence-corrected chi connectivity index (χ3v) is 6.67. The van der Waals surface area contributed by atoms with Gasteiger partial charge in [-0.1, -0.05) is 36.4 Å². The first kappa shape index (κ1) is 28.3. The quantitative estimate of drug-likeness (QED) is 0.124. The van der Waals surface area contributed by atoms with Crippen LogP contribution in [0.4, 0.5) is 0 Å². The summed E-state index contributed by atoms with van der Waals surface area (Å²) in [5.74, 6) is -3.45. The maximum Gasteiger partial charge on any atom is 0.326 e. The van der Waals surface area contributed by atoms with Crippen molar-refractivity contribution in [1.82, 2.24) is 25.9 Å². The van der Waals surface area contributed by atoms with Gasteiger partial charge in [-0.25, -0.2) is 4.79 Å². The molecule has 0 fully saturated rings. The van der Waals surface area contributed by atoms with Crippen molar-refractivity contribution in [2.45, 2.75) is 43.9 Å². The number of aliphatic hydroxyl groups excluding tert-OH is 1. The molecule has 9 N–H and O–H groups in total. The summed E-state index contributed by atoms with van der Waals surface area (Å²) < 4.78 is 0. The lowest BCUT2D eigenvalue weighted by molar-refractivity contribution is -0.142. The number of benzene rings is 2. The molecule has 40 heavy (non-hydrogen) atoms. The van der Waals surface area contributed by atoms with Crippen LogP contribution in [0.5, 0.6) is 0 Å². The fraction of sp³-hybridized carbons (Fsp3) is 0.286. The van der Waals surface area contributed by atoms with Crippen LogP contribution < -0.4 is 21.7 Å². The average Bonchev–Trinajstić information content (AvgIpc) is 3.54. The molecular weight excluding hydrogens is 516 g/mol. The molecule has 210 valence electrons. The number of aliphatic hydroxyl groups is 1. The smallest absolute Gasteiger partial charge is 0.326 e. The summed E-state index contributed by atoms with van der Waals surface area (Å²) in [4.78, 5) is 56.9. The number of nitrogens with two attached hydrogens (primary N) is 1. The van der Waals surface area contributed by atoms with Gasteiger partial charge in [-0.15, -0.1) is 0 Å². The molecule has 3 amide bonds.